The second-order valence-corrected chi connectivity index (χ2v) is 6.32. The molecule has 0 aliphatic heterocycles. The highest BCUT2D eigenvalue weighted by atomic mass is 16.4. The Bertz CT molecular complexity index is 845. The molecule has 3 rings (SSSR count). The van der Waals surface area contributed by atoms with Gasteiger partial charge in [-0.25, -0.2) is 0 Å². The Balaban J connectivity index is 1.54. The lowest BCUT2D eigenvalue weighted by atomic mass is 10.0. The summed E-state index contributed by atoms with van der Waals surface area (Å²) in [5.74, 6) is 1.09. The van der Waals surface area contributed by atoms with E-state index in [0.29, 0.717) is 18.6 Å². The molecular formula is C19H22N2O3. The molecule has 0 aliphatic carbocycles. The van der Waals surface area contributed by atoms with Gasteiger partial charge in [0.15, 0.2) is 0 Å². The SMILES string of the molecule is Cc1ccc(C(C)(O)CNC(=O)CCc2c[nH]c3ccccc23)o1. The maximum atomic E-state index is 12.1. The highest BCUT2D eigenvalue weighted by Gasteiger charge is 2.27. The third kappa shape index (κ3) is 3.51. The lowest BCUT2D eigenvalue weighted by Gasteiger charge is -2.21. The van der Waals surface area contributed by atoms with E-state index in [9.17, 15) is 9.90 Å². The van der Waals surface area contributed by atoms with E-state index in [-0.39, 0.29) is 12.5 Å². The Morgan fingerprint density at radius 2 is 2.08 bits per heavy atom. The Kier molecular flexibility index (Phi) is 4.44. The van der Waals surface area contributed by atoms with Crippen LogP contribution in [0, 0.1) is 6.92 Å². The first-order chi connectivity index (χ1) is 11.5. The number of furan rings is 1. The molecular weight excluding hydrogens is 304 g/mol. The van der Waals surface area contributed by atoms with Gasteiger partial charge >= 0.3 is 0 Å². The zero-order valence-corrected chi connectivity index (χ0v) is 13.9. The fraction of sp³-hybridized carbons (Fsp3) is 0.316. The monoisotopic (exact) mass is 326 g/mol. The van der Waals surface area contributed by atoms with Crippen molar-refractivity contribution in [3.8, 4) is 0 Å². The molecule has 0 radical (unpaired) electrons. The van der Waals surface area contributed by atoms with Crippen molar-refractivity contribution in [2.24, 2.45) is 0 Å². The Morgan fingerprint density at radius 1 is 1.29 bits per heavy atom. The number of rotatable bonds is 6. The summed E-state index contributed by atoms with van der Waals surface area (Å²) in [6.45, 7) is 3.57. The number of fused-ring (bicyclic) bond motifs is 1. The number of aromatic nitrogens is 1. The zero-order chi connectivity index (χ0) is 17.2. The highest BCUT2D eigenvalue weighted by molar-refractivity contribution is 5.84. The molecule has 126 valence electrons. The molecule has 1 aromatic carbocycles. The summed E-state index contributed by atoms with van der Waals surface area (Å²) in [5, 5.41) is 14.4. The average Bonchev–Trinajstić information content (AvgIpc) is 3.18. The van der Waals surface area contributed by atoms with E-state index in [1.165, 1.54) is 0 Å². The molecule has 0 bridgehead atoms. The van der Waals surface area contributed by atoms with Gasteiger partial charge in [-0.3, -0.25) is 4.79 Å². The van der Waals surface area contributed by atoms with Gasteiger partial charge in [-0.2, -0.15) is 0 Å². The van der Waals surface area contributed by atoms with Crippen molar-refractivity contribution >= 4 is 16.8 Å². The van der Waals surface area contributed by atoms with Crippen LogP contribution in [0.4, 0.5) is 0 Å². The zero-order valence-electron chi connectivity index (χ0n) is 13.9. The normalized spacial score (nSPS) is 13.8. The molecule has 24 heavy (non-hydrogen) atoms. The van der Waals surface area contributed by atoms with Crippen molar-refractivity contribution in [2.45, 2.75) is 32.3 Å². The van der Waals surface area contributed by atoms with E-state index < -0.39 is 5.60 Å². The van der Waals surface area contributed by atoms with Gasteiger partial charge in [0.25, 0.3) is 0 Å². The number of H-pyrrole nitrogens is 1. The minimum atomic E-state index is -1.22. The maximum Gasteiger partial charge on any atom is 0.220 e. The van der Waals surface area contributed by atoms with Crippen LogP contribution in [0.25, 0.3) is 10.9 Å². The van der Waals surface area contributed by atoms with Crippen LogP contribution in [-0.2, 0) is 16.8 Å². The number of hydrogen-bond acceptors (Lipinski definition) is 3. The second kappa shape index (κ2) is 6.53. The standard InChI is InChI=1S/C19H22N2O3/c1-13-7-9-17(24-13)19(2,23)12-21-18(22)10-8-14-11-20-16-6-4-3-5-15(14)16/h3-7,9,11,20,23H,8,10,12H2,1-2H3,(H,21,22). The Morgan fingerprint density at radius 3 is 2.83 bits per heavy atom. The molecule has 0 fully saturated rings. The van der Waals surface area contributed by atoms with Crippen molar-refractivity contribution in [3.05, 3.63) is 59.7 Å². The maximum absolute atomic E-state index is 12.1. The van der Waals surface area contributed by atoms with Crippen LogP contribution in [0.3, 0.4) is 0 Å². The van der Waals surface area contributed by atoms with Crippen LogP contribution in [0.15, 0.2) is 47.0 Å². The van der Waals surface area contributed by atoms with Gasteiger partial charge in [0.2, 0.25) is 5.91 Å². The van der Waals surface area contributed by atoms with Crippen LogP contribution in [0.5, 0.6) is 0 Å². The lowest BCUT2D eigenvalue weighted by Crippen LogP contribution is -2.38. The van der Waals surface area contributed by atoms with Crippen molar-refractivity contribution in [1.29, 1.82) is 0 Å². The van der Waals surface area contributed by atoms with E-state index in [1.807, 2.05) is 37.4 Å². The van der Waals surface area contributed by atoms with Crippen LogP contribution in [0.2, 0.25) is 0 Å². The van der Waals surface area contributed by atoms with Gasteiger partial charge in [-0.15, -0.1) is 0 Å². The third-order valence-electron chi connectivity index (χ3n) is 4.20. The molecule has 5 nitrogen and oxygen atoms in total. The Hall–Kier alpha value is -2.53. The third-order valence-corrected chi connectivity index (χ3v) is 4.20. The first-order valence-electron chi connectivity index (χ1n) is 8.07. The summed E-state index contributed by atoms with van der Waals surface area (Å²) in [5.41, 5.74) is 0.975. The summed E-state index contributed by atoms with van der Waals surface area (Å²) in [6.07, 6.45) is 2.96. The van der Waals surface area contributed by atoms with Gasteiger partial charge in [0.1, 0.15) is 17.1 Å². The fourth-order valence-electron chi connectivity index (χ4n) is 2.76. The van der Waals surface area contributed by atoms with Gasteiger partial charge in [-0.05, 0) is 44.0 Å². The summed E-state index contributed by atoms with van der Waals surface area (Å²) >= 11 is 0. The van der Waals surface area contributed by atoms with E-state index in [0.717, 1.165) is 22.2 Å². The van der Waals surface area contributed by atoms with Crippen molar-refractivity contribution < 1.29 is 14.3 Å². The van der Waals surface area contributed by atoms with E-state index >= 15 is 0 Å². The number of nitrogens with one attached hydrogen (secondary N) is 2. The fourth-order valence-corrected chi connectivity index (χ4v) is 2.76. The van der Waals surface area contributed by atoms with Crippen molar-refractivity contribution in [3.63, 3.8) is 0 Å². The summed E-state index contributed by atoms with van der Waals surface area (Å²) in [7, 11) is 0. The number of carbonyl (C=O) groups excluding carboxylic acids is 1. The summed E-state index contributed by atoms with van der Waals surface area (Å²) < 4.78 is 5.44. The first kappa shape index (κ1) is 16.3. The quantitative estimate of drug-likeness (QED) is 0.651. The molecule has 0 aliphatic rings. The number of carbonyl (C=O) groups is 1. The van der Waals surface area contributed by atoms with Gasteiger partial charge in [-0.1, -0.05) is 18.2 Å². The molecule has 1 amide bonds. The van der Waals surface area contributed by atoms with Crippen LogP contribution < -0.4 is 5.32 Å². The second-order valence-electron chi connectivity index (χ2n) is 6.32. The number of benzene rings is 1. The van der Waals surface area contributed by atoms with Crippen LogP contribution in [-0.4, -0.2) is 22.5 Å². The number of amides is 1. The highest BCUT2D eigenvalue weighted by Crippen LogP contribution is 2.22. The van der Waals surface area contributed by atoms with Crippen LogP contribution >= 0.6 is 0 Å². The van der Waals surface area contributed by atoms with Gasteiger partial charge in [0.05, 0.1) is 6.54 Å². The smallest absolute Gasteiger partial charge is 0.220 e. The number of para-hydroxylation sites is 1. The predicted octanol–water partition coefficient (Wildman–Crippen LogP) is 3.03. The average molecular weight is 326 g/mol. The number of hydrogen-bond donors (Lipinski definition) is 3. The first-order valence-corrected chi connectivity index (χ1v) is 8.07. The summed E-state index contributed by atoms with van der Waals surface area (Å²) in [4.78, 5) is 15.3. The van der Waals surface area contributed by atoms with E-state index in [2.05, 4.69) is 10.3 Å². The number of aryl methyl sites for hydroxylation is 2. The molecule has 2 heterocycles. The van der Waals surface area contributed by atoms with Gasteiger partial charge < -0.3 is 19.8 Å². The molecule has 2 aromatic heterocycles. The molecule has 1 atom stereocenters. The van der Waals surface area contributed by atoms with Crippen LogP contribution in [0.1, 0.15) is 30.4 Å². The number of aliphatic hydroxyl groups is 1. The van der Waals surface area contributed by atoms with Crippen molar-refractivity contribution in [2.75, 3.05) is 6.54 Å². The molecule has 1 unspecified atom stereocenters. The largest absolute Gasteiger partial charge is 0.463 e. The number of aromatic amines is 1. The molecule has 0 saturated carbocycles. The minimum absolute atomic E-state index is 0.0937. The summed E-state index contributed by atoms with van der Waals surface area (Å²) in [6, 6.07) is 11.6. The van der Waals surface area contributed by atoms with Gasteiger partial charge in [0, 0.05) is 23.5 Å². The van der Waals surface area contributed by atoms with E-state index in [4.69, 9.17) is 4.42 Å². The molecule has 0 spiro atoms. The van der Waals surface area contributed by atoms with E-state index in [1.54, 1.807) is 19.1 Å². The topological polar surface area (TPSA) is 78.3 Å². The Labute approximate surface area is 140 Å². The molecule has 0 saturated heterocycles. The lowest BCUT2D eigenvalue weighted by molar-refractivity contribution is -0.122. The molecule has 3 aromatic rings. The molecule has 3 N–H and O–H groups in total. The molecule has 5 heteroatoms. The van der Waals surface area contributed by atoms with Crippen molar-refractivity contribution in [1.82, 2.24) is 10.3 Å². The minimum Gasteiger partial charge on any atom is -0.463 e. The predicted molar refractivity (Wildman–Crippen MR) is 92.6 cm³/mol.